The van der Waals surface area contributed by atoms with E-state index in [9.17, 15) is 4.79 Å². The number of hydrogen-bond acceptors (Lipinski definition) is 7. The Hall–Kier alpha value is -1.93. The van der Waals surface area contributed by atoms with Crippen LogP contribution in [0.25, 0.3) is 0 Å². The molecule has 2 fully saturated rings. The Morgan fingerprint density at radius 3 is 2.61 bits per heavy atom. The van der Waals surface area contributed by atoms with Gasteiger partial charge in [-0.2, -0.15) is 0 Å². The van der Waals surface area contributed by atoms with E-state index in [1.165, 1.54) is 7.11 Å². The van der Waals surface area contributed by atoms with Crippen LogP contribution in [0.15, 0.2) is 42.2 Å². The summed E-state index contributed by atoms with van der Waals surface area (Å²) in [7, 11) is 3.03. The summed E-state index contributed by atoms with van der Waals surface area (Å²) >= 11 is 0. The zero-order valence-corrected chi connectivity index (χ0v) is 16.3. The summed E-state index contributed by atoms with van der Waals surface area (Å²) in [6.07, 6.45) is 2.57. The number of ether oxygens (including phenoxy) is 5. The average Bonchev–Trinajstić information content (AvgIpc) is 2.78. The van der Waals surface area contributed by atoms with Gasteiger partial charge in [-0.3, -0.25) is 4.90 Å². The average molecular weight is 389 g/mol. The smallest absolute Gasteiger partial charge is 0.373 e. The number of carbonyl (C=O) groups excluding carboxylic acids is 1. The van der Waals surface area contributed by atoms with Gasteiger partial charge in [-0.25, -0.2) is 4.79 Å². The number of rotatable bonds is 4. The monoisotopic (exact) mass is 389 g/mol. The minimum atomic E-state index is -0.766. The Morgan fingerprint density at radius 2 is 1.93 bits per heavy atom. The second-order valence-electron chi connectivity index (χ2n) is 7.27. The van der Waals surface area contributed by atoms with Crippen LogP contribution in [0.1, 0.15) is 24.3 Å². The van der Waals surface area contributed by atoms with E-state index < -0.39 is 11.7 Å². The predicted molar refractivity (Wildman–Crippen MR) is 100 cm³/mol. The van der Waals surface area contributed by atoms with Crippen molar-refractivity contribution in [1.29, 1.82) is 0 Å². The quantitative estimate of drug-likeness (QED) is 0.730. The molecule has 1 aromatic rings. The highest BCUT2D eigenvalue weighted by atomic mass is 16.7. The van der Waals surface area contributed by atoms with Crippen LogP contribution in [0.3, 0.4) is 0 Å². The van der Waals surface area contributed by atoms with Crippen LogP contribution in [0, 0.1) is 0 Å². The lowest BCUT2D eigenvalue weighted by molar-refractivity contribution is -0.306. The standard InChI is InChI=1S/C21H27NO6/c1-24-18-8-9-21(22-10-12-26-13-11-22)19(27-18)16(15-6-4-3-5-7-15)14-17(28-21)20(23)25-2/h3-7,14,16,18-19H,8-13H2,1-2H3. The molecule has 7 heteroatoms. The zero-order valence-electron chi connectivity index (χ0n) is 16.3. The SMILES string of the molecule is COC(=O)C1=CC(c2ccccc2)C2OC(OC)CCC2(N2CCOCC2)O1. The molecular weight excluding hydrogens is 362 g/mol. The van der Waals surface area contributed by atoms with Gasteiger partial charge in [0, 0.05) is 39.0 Å². The highest BCUT2D eigenvalue weighted by molar-refractivity contribution is 5.86. The number of methoxy groups -OCH3 is 2. The molecule has 4 rings (SSSR count). The highest BCUT2D eigenvalue weighted by Gasteiger charge is 2.57. The predicted octanol–water partition coefficient (Wildman–Crippen LogP) is 2.04. The van der Waals surface area contributed by atoms with E-state index >= 15 is 0 Å². The van der Waals surface area contributed by atoms with Gasteiger partial charge in [0.1, 0.15) is 6.10 Å². The van der Waals surface area contributed by atoms with E-state index in [-0.39, 0.29) is 24.1 Å². The Balaban J connectivity index is 1.80. The number of carbonyl (C=O) groups is 1. The lowest BCUT2D eigenvalue weighted by atomic mass is 9.79. The van der Waals surface area contributed by atoms with Crippen LogP contribution in [0.4, 0.5) is 0 Å². The first kappa shape index (κ1) is 19.4. The highest BCUT2D eigenvalue weighted by Crippen LogP contribution is 2.47. The molecule has 0 radical (unpaired) electrons. The fraction of sp³-hybridized carbons (Fsp3) is 0.571. The van der Waals surface area contributed by atoms with E-state index in [0.29, 0.717) is 39.1 Å². The zero-order chi connectivity index (χ0) is 19.6. The van der Waals surface area contributed by atoms with Gasteiger partial charge >= 0.3 is 5.97 Å². The number of hydrogen-bond donors (Lipinski definition) is 0. The largest absolute Gasteiger partial charge is 0.463 e. The number of esters is 1. The van der Waals surface area contributed by atoms with Gasteiger partial charge in [0.25, 0.3) is 0 Å². The van der Waals surface area contributed by atoms with Crippen molar-refractivity contribution in [2.24, 2.45) is 0 Å². The first-order chi connectivity index (χ1) is 13.7. The van der Waals surface area contributed by atoms with Crippen LogP contribution in [-0.4, -0.2) is 69.5 Å². The van der Waals surface area contributed by atoms with Crippen LogP contribution >= 0.6 is 0 Å². The van der Waals surface area contributed by atoms with Crippen molar-refractivity contribution in [2.75, 3.05) is 40.5 Å². The molecular formula is C21H27NO6. The van der Waals surface area contributed by atoms with E-state index in [4.69, 9.17) is 23.7 Å². The summed E-state index contributed by atoms with van der Waals surface area (Å²) in [6, 6.07) is 10.0. The van der Waals surface area contributed by atoms with Crippen molar-refractivity contribution in [3.05, 3.63) is 47.7 Å². The maximum absolute atomic E-state index is 12.4. The van der Waals surface area contributed by atoms with Gasteiger partial charge in [0.05, 0.1) is 20.3 Å². The van der Waals surface area contributed by atoms with E-state index in [1.807, 2.05) is 36.4 Å². The molecule has 0 amide bonds. The molecule has 3 heterocycles. The van der Waals surface area contributed by atoms with Crippen molar-refractivity contribution >= 4 is 5.97 Å². The maximum Gasteiger partial charge on any atom is 0.373 e. The molecule has 152 valence electrons. The van der Waals surface area contributed by atoms with Gasteiger partial charge in [0.2, 0.25) is 5.76 Å². The first-order valence-corrected chi connectivity index (χ1v) is 9.73. The Bertz CT molecular complexity index is 717. The minimum absolute atomic E-state index is 0.162. The summed E-state index contributed by atoms with van der Waals surface area (Å²) in [4.78, 5) is 14.7. The molecule has 4 atom stereocenters. The Labute approximate surface area is 165 Å². The number of fused-ring (bicyclic) bond motifs is 1. The molecule has 1 aromatic carbocycles. The second-order valence-corrected chi connectivity index (χ2v) is 7.27. The van der Waals surface area contributed by atoms with Gasteiger partial charge in [-0.05, 0) is 11.6 Å². The molecule has 0 N–H and O–H groups in total. The molecule has 2 saturated heterocycles. The third-order valence-electron chi connectivity index (χ3n) is 5.81. The number of nitrogens with zero attached hydrogens (tertiary/aromatic N) is 1. The minimum Gasteiger partial charge on any atom is -0.463 e. The molecule has 0 saturated carbocycles. The van der Waals surface area contributed by atoms with Crippen LogP contribution < -0.4 is 0 Å². The van der Waals surface area contributed by atoms with Crippen molar-refractivity contribution in [3.8, 4) is 0 Å². The normalized spacial score (nSPS) is 33.4. The summed E-state index contributed by atoms with van der Waals surface area (Å²) in [5.74, 6) is -0.399. The van der Waals surface area contributed by atoms with Crippen LogP contribution in [-0.2, 0) is 28.5 Å². The molecule has 28 heavy (non-hydrogen) atoms. The molecule has 0 spiro atoms. The first-order valence-electron chi connectivity index (χ1n) is 9.73. The molecule has 0 aromatic heterocycles. The van der Waals surface area contributed by atoms with Crippen molar-refractivity contribution in [1.82, 2.24) is 4.90 Å². The summed E-state index contributed by atoms with van der Waals surface area (Å²) < 4.78 is 28.8. The van der Waals surface area contributed by atoms with Crippen LogP contribution in [0.5, 0.6) is 0 Å². The molecule has 0 bridgehead atoms. The van der Waals surface area contributed by atoms with Gasteiger partial charge < -0.3 is 23.7 Å². The summed E-state index contributed by atoms with van der Waals surface area (Å²) in [5, 5.41) is 0. The second kappa shape index (κ2) is 8.21. The lowest BCUT2D eigenvalue weighted by Crippen LogP contribution is -2.67. The molecule has 0 aliphatic carbocycles. The van der Waals surface area contributed by atoms with Crippen molar-refractivity contribution in [3.63, 3.8) is 0 Å². The van der Waals surface area contributed by atoms with Crippen molar-refractivity contribution < 1.29 is 28.5 Å². The lowest BCUT2D eigenvalue weighted by Gasteiger charge is -2.55. The fourth-order valence-corrected chi connectivity index (χ4v) is 4.43. The fourth-order valence-electron chi connectivity index (χ4n) is 4.43. The third kappa shape index (κ3) is 3.43. The molecule has 3 aliphatic rings. The summed E-state index contributed by atoms with van der Waals surface area (Å²) in [5.41, 5.74) is 0.295. The van der Waals surface area contributed by atoms with E-state index in [2.05, 4.69) is 4.90 Å². The topological polar surface area (TPSA) is 66.5 Å². The van der Waals surface area contributed by atoms with Crippen molar-refractivity contribution in [2.45, 2.75) is 36.9 Å². The van der Waals surface area contributed by atoms with E-state index in [0.717, 1.165) is 5.56 Å². The van der Waals surface area contributed by atoms with Gasteiger partial charge in [-0.15, -0.1) is 0 Å². The molecule has 3 aliphatic heterocycles. The third-order valence-corrected chi connectivity index (χ3v) is 5.81. The Morgan fingerprint density at radius 1 is 1.18 bits per heavy atom. The Kier molecular flexibility index (Phi) is 5.68. The number of benzene rings is 1. The maximum atomic E-state index is 12.4. The van der Waals surface area contributed by atoms with Gasteiger partial charge in [0.15, 0.2) is 12.0 Å². The van der Waals surface area contributed by atoms with Crippen LogP contribution in [0.2, 0.25) is 0 Å². The van der Waals surface area contributed by atoms with Gasteiger partial charge in [-0.1, -0.05) is 30.3 Å². The molecule has 4 unspecified atom stereocenters. The number of morpholine rings is 1. The molecule has 7 nitrogen and oxygen atoms in total. The van der Waals surface area contributed by atoms with E-state index in [1.54, 1.807) is 7.11 Å². The summed E-state index contributed by atoms with van der Waals surface area (Å²) in [6.45, 7) is 2.68.